The molecular formula is C15H9FO4. The second kappa shape index (κ2) is 4.70. The SMILES string of the molecule is O=c1cc(-c2ccccc2)oc2cc(O)cc(OF)c12. The van der Waals surface area contributed by atoms with Gasteiger partial charge < -0.3 is 9.52 Å². The molecule has 20 heavy (non-hydrogen) atoms. The van der Waals surface area contributed by atoms with Crippen LogP contribution in [0.4, 0.5) is 4.53 Å². The summed E-state index contributed by atoms with van der Waals surface area (Å²) in [5.74, 6) is -0.287. The van der Waals surface area contributed by atoms with E-state index in [0.29, 0.717) is 11.3 Å². The monoisotopic (exact) mass is 272 g/mol. The summed E-state index contributed by atoms with van der Waals surface area (Å²) < 4.78 is 18.0. The van der Waals surface area contributed by atoms with Crippen LogP contribution in [-0.2, 0) is 0 Å². The summed E-state index contributed by atoms with van der Waals surface area (Å²) in [6.07, 6.45) is 0. The first-order chi connectivity index (χ1) is 9.69. The number of halogens is 1. The molecule has 0 spiro atoms. The molecule has 0 aliphatic heterocycles. The predicted molar refractivity (Wildman–Crippen MR) is 71.3 cm³/mol. The van der Waals surface area contributed by atoms with Gasteiger partial charge in [0.2, 0.25) is 0 Å². The summed E-state index contributed by atoms with van der Waals surface area (Å²) in [6.45, 7) is 0. The molecule has 0 unspecified atom stereocenters. The maximum absolute atomic E-state index is 12.4. The molecule has 0 amide bonds. The Bertz CT molecular complexity index is 824. The lowest BCUT2D eigenvalue weighted by molar-refractivity contribution is -0.00456. The van der Waals surface area contributed by atoms with Gasteiger partial charge >= 0.3 is 0 Å². The zero-order chi connectivity index (χ0) is 14.1. The van der Waals surface area contributed by atoms with Crippen LogP contribution in [0, 0.1) is 0 Å². The summed E-state index contributed by atoms with van der Waals surface area (Å²) in [6, 6.07) is 12.5. The summed E-state index contributed by atoms with van der Waals surface area (Å²) in [5, 5.41) is 9.43. The number of fused-ring (bicyclic) bond motifs is 1. The van der Waals surface area contributed by atoms with E-state index < -0.39 is 5.43 Å². The van der Waals surface area contributed by atoms with Gasteiger partial charge in [-0.3, -0.25) is 9.74 Å². The Hall–Kier alpha value is -2.82. The summed E-state index contributed by atoms with van der Waals surface area (Å²) in [4.78, 5) is 15.7. The number of phenols is 1. The Labute approximate surface area is 112 Å². The van der Waals surface area contributed by atoms with Crippen LogP contribution in [0.1, 0.15) is 0 Å². The summed E-state index contributed by atoms with van der Waals surface area (Å²) in [7, 11) is 0. The van der Waals surface area contributed by atoms with Crippen LogP contribution in [0.2, 0.25) is 0 Å². The third-order valence-corrected chi connectivity index (χ3v) is 2.92. The molecule has 1 heterocycles. The quantitative estimate of drug-likeness (QED) is 0.776. The molecule has 2 aromatic carbocycles. The topological polar surface area (TPSA) is 59.7 Å². The highest BCUT2D eigenvalue weighted by molar-refractivity contribution is 5.86. The van der Waals surface area contributed by atoms with Gasteiger partial charge in [-0.1, -0.05) is 30.3 Å². The highest BCUT2D eigenvalue weighted by Gasteiger charge is 2.14. The Morgan fingerprint density at radius 1 is 1.10 bits per heavy atom. The molecule has 0 fully saturated rings. The first-order valence-electron chi connectivity index (χ1n) is 5.84. The van der Waals surface area contributed by atoms with Crippen LogP contribution < -0.4 is 10.4 Å². The van der Waals surface area contributed by atoms with Gasteiger partial charge in [0.1, 0.15) is 22.5 Å². The molecule has 4 nitrogen and oxygen atoms in total. The van der Waals surface area contributed by atoms with E-state index in [1.807, 2.05) is 6.07 Å². The van der Waals surface area contributed by atoms with E-state index in [1.54, 1.807) is 24.3 Å². The van der Waals surface area contributed by atoms with Crippen LogP contribution in [0.15, 0.2) is 57.7 Å². The zero-order valence-electron chi connectivity index (χ0n) is 10.2. The normalized spacial score (nSPS) is 10.7. The molecule has 0 atom stereocenters. The van der Waals surface area contributed by atoms with Gasteiger partial charge in [-0.15, -0.1) is 0 Å². The molecule has 0 saturated heterocycles. The molecule has 3 aromatic rings. The Kier molecular flexibility index (Phi) is 2.87. The van der Waals surface area contributed by atoms with E-state index >= 15 is 0 Å². The molecule has 0 saturated carbocycles. The molecule has 0 aliphatic rings. The Morgan fingerprint density at radius 2 is 1.85 bits per heavy atom. The van der Waals surface area contributed by atoms with E-state index in [4.69, 9.17) is 4.42 Å². The second-order valence-corrected chi connectivity index (χ2v) is 4.24. The average Bonchev–Trinajstić information content (AvgIpc) is 2.46. The third kappa shape index (κ3) is 1.99. The maximum Gasteiger partial charge on any atom is 0.197 e. The predicted octanol–water partition coefficient (Wildman–Crippen LogP) is 3.43. The molecule has 0 bridgehead atoms. The molecule has 1 aromatic heterocycles. The molecular weight excluding hydrogens is 263 g/mol. The molecule has 5 heteroatoms. The number of rotatable bonds is 2. The lowest BCUT2D eigenvalue weighted by atomic mass is 10.1. The van der Waals surface area contributed by atoms with E-state index in [1.165, 1.54) is 12.1 Å². The fourth-order valence-electron chi connectivity index (χ4n) is 2.04. The lowest BCUT2D eigenvalue weighted by Gasteiger charge is -2.05. The van der Waals surface area contributed by atoms with Crippen molar-refractivity contribution < 1.29 is 19.0 Å². The molecule has 0 radical (unpaired) electrons. The number of phenolic OH excluding ortho intramolecular Hbond substituents is 1. The van der Waals surface area contributed by atoms with Crippen molar-refractivity contribution in [1.29, 1.82) is 0 Å². The minimum Gasteiger partial charge on any atom is -0.508 e. The van der Waals surface area contributed by atoms with Gasteiger partial charge in [-0.25, -0.2) is 0 Å². The number of hydrogen-bond donors (Lipinski definition) is 1. The van der Waals surface area contributed by atoms with Gasteiger partial charge in [0.25, 0.3) is 0 Å². The van der Waals surface area contributed by atoms with Crippen molar-refractivity contribution in [3.63, 3.8) is 0 Å². The number of benzene rings is 2. The highest BCUT2D eigenvalue weighted by atomic mass is 19.3. The first-order valence-corrected chi connectivity index (χ1v) is 5.84. The van der Waals surface area contributed by atoms with Gasteiger partial charge in [-0.2, -0.15) is 0 Å². The fraction of sp³-hybridized carbons (Fsp3) is 0. The van der Waals surface area contributed by atoms with Gasteiger partial charge in [-0.05, 0) is 0 Å². The standard InChI is InChI=1S/C15H9FO4/c16-20-14-7-10(17)6-13-15(14)11(18)8-12(19-13)9-4-2-1-3-5-9/h1-8,17H. The van der Waals surface area contributed by atoms with Crippen LogP contribution in [-0.4, -0.2) is 5.11 Å². The van der Waals surface area contributed by atoms with Crippen LogP contribution in [0.3, 0.4) is 0 Å². The smallest absolute Gasteiger partial charge is 0.197 e. The van der Waals surface area contributed by atoms with Crippen molar-refractivity contribution in [2.75, 3.05) is 0 Å². The minimum atomic E-state index is -0.447. The van der Waals surface area contributed by atoms with E-state index in [-0.39, 0.29) is 22.5 Å². The van der Waals surface area contributed by atoms with Gasteiger partial charge in [0.05, 0.1) is 0 Å². The zero-order valence-corrected chi connectivity index (χ0v) is 10.2. The van der Waals surface area contributed by atoms with Crippen LogP contribution in [0.25, 0.3) is 22.3 Å². The number of hydrogen-bond acceptors (Lipinski definition) is 4. The average molecular weight is 272 g/mol. The van der Waals surface area contributed by atoms with Crippen molar-refractivity contribution in [1.82, 2.24) is 0 Å². The Balaban J connectivity index is 2.33. The van der Waals surface area contributed by atoms with Gasteiger partial charge in [0, 0.05) is 28.3 Å². The third-order valence-electron chi connectivity index (χ3n) is 2.92. The molecule has 3 rings (SSSR count). The van der Waals surface area contributed by atoms with Crippen molar-refractivity contribution >= 4 is 11.0 Å². The van der Waals surface area contributed by atoms with Crippen molar-refractivity contribution in [3.8, 4) is 22.8 Å². The molecule has 0 aliphatic carbocycles. The van der Waals surface area contributed by atoms with Gasteiger partial charge in [0.15, 0.2) is 11.2 Å². The Morgan fingerprint density at radius 3 is 2.55 bits per heavy atom. The second-order valence-electron chi connectivity index (χ2n) is 4.24. The lowest BCUT2D eigenvalue weighted by Crippen LogP contribution is -2.01. The van der Waals surface area contributed by atoms with E-state index in [0.717, 1.165) is 6.07 Å². The maximum atomic E-state index is 12.4. The molecule has 100 valence electrons. The van der Waals surface area contributed by atoms with Crippen LogP contribution in [0.5, 0.6) is 11.5 Å². The number of aromatic hydroxyl groups is 1. The highest BCUT2D eigenvalue weighted by Crippen LogP contribution is 2.31. The largest absolute Gasteiger partial charge is 0.508 e. The fourth-order valence-corrected chi connectivity index (χ4v) is 2.04. The van der Waals surface area contributed by atoms with E-state index in [2.05, 4.69) is 4.94 Å². The van der Waals surface area contributed by atoms with Crippen molar-refractivity contribution in [3.05, 3.63) is 58.8 Å². The van der Waals surface area contributed by atoms with E-state index in [9.17, 15) is 14.4 Å². The summed E-state index contributed by atoms with van der Waals surface area (Å²) >= 11 is 0. The van der Waals surface area contributed by atoms with Crippen LogP contribution >= 0.6 is 0 Å². The first kappa shape index (κ1) is 12.2. The van der Waals surface area contributed by atoms with Crippen molar-refractivity contribution in [2.45, 2.75) is 0 Å². The van der Waals surface area contributed by atoms with Crippen molar-refractivity contribution in [2.24, 2.45) is 0 Å². The minimum absolute atomic E-state index is 0.0509. The molecule has 1 N–H and O–H groups in total. The summed E-state index contributed by atoms with van der Waals surface area (Å²) in [5.41, 5.74) is 0.319.